The van der Waals surface area contributed by atoms with Crippen molar-refractivity contribution in [2.24, 2.45) is 0 Å². The van der Waals surface area contributed by atoms with Crippen LogP contribution in [0.1, 0.15) is 26.0 Å². The van der Waals surface area contributed by atoms with Gasteiger partial charge in [0.05, 0.1) is 18.8 Å². The molecule has 0 saturated carbocycles. The van der Waals surface area contributed by atoms with Gasteiger partial charge >= 0.3 is 4.87 Å². The summed E-state index contributed by atoms with van der Waals surface area (Å²) < 4.78 is 7.18. The normalized spacial score (nSPS) is 23.6. The molecule has 1 aromatic heterocycles. The fourth-order valence-corrected chi connectivity index (χ4v) is 3.04. The Bertz CT molecular complexity index is 508. The third kappa shape index (κ3) is 3.25. The van der Waals surface area contributed by atoms with Gasteiger partial charge in [-0.15, -0.1) is 0 Å². The van der Waals surface area contributed by atoms with Crippen LogP contribution >= 0.6 is 11.3 Å². The van der Waals surface area contributed by atoms with E-state index in [-0.39, 0.29) is 22.9 Å². The topological polar surface area (TPSA) is 51.5 Å². The molecule has 1 aliphatic heterocycles. The van der Waals surface area contributed by atoms with Crippen molar-refractivity contribution in [1.29, 1.82) is 0 Å². The van der Waals surface area contributed by atoms with Crippen LogP contribution in [0.4, 0.5) is 0 Å². The molecule has 0 unspecified atom stereocenters. The van der Waals surface area contributed by atoms with Crippen LogP contribution in [0.2, 0.25) is 0 Å². The first kappa shape index (κ1) is 14.3. The first-order chi connectivity index (χ1) is 8.99. The van der Waals surface area contributed by atoms with Gasteiger partial charge in [-0.3, -0.25) is 9.59 Å². The molecule has 1 amide bonds. The monoisotopic (exact) mass is 284 g/mol. The minimum Gasteiger partial charge on any atom is -0.375 e. The van der Waals surface area contributed by atoms with Gasteiger partial charge < -0.3 is 14.2 Å². The lowest BCUT2D eigenvalue weighted by atomic mass is 10.2. The van der Waals surface area contributed by atoms with Gasteiger partial charge in [0.15, 0.2) is 0 Å². The predicted molar refractivity (Wildman–Crippen MR) is 74.5 cm³/mol. The maximum Gasteiger partial charge on any atom is 0.307 e. The molecular formula is C13H20N2O3S. The number of hydrogen-bond acceptors (Lipinski definition) is 4. The van der Waals surface area contributed by atoms with Gasteiger partial charge in [-0.1, -0.05) is 11.3 Å². The Hall–Kier alpha value is -1.14. The van der Waals surface area contributed by atoms with E-state index in [0.29, 0.717) is 26.1 Å². The van der Waals surface area contributed by atoms with Gasteiger partial charge in [0.2, 0.25) is 5.91 Å². The van der Waals surface area contributed by atoms with Gasteiger partial charge in [-0.2, -0.15) is 0 Å². The van der Waals surface area contributed by atoms with E-state index in [1.807, 2.05) is 31.1 Å². The highest BCUT2D eigenvalue weighted by Crippen LogP contribution is 2.13. The van der Waals surface area contributed by atoms with Crippen LogP contribution in [0.3, 0.4) is 0 Å². The highest BCUT2D eigenvalue weighted by atomic mass is 32.1. The molecule has 6 heteroatoms. The molecule has 5 nitrogen and oxygen atoms in total. The number of aryl methyl sites for hydroxylation is 1. The number of nitrogens with zero attached hydrogens (tertiary/aromatic N) is 2. The summed E-state index contributed by atoms with van der Waals surface area (Å²) in [6, 6.07) is 0.115. The zero-order chi connectivity index (χ0) is 14.0. The van der Waals surface area contributed by atoms with Crippen molar-refractivity contribution in [1.82, 2.24) is 9.47 Å². The second-order valence-corrected chi connectivity index (χ2v) is 5.90. The Morgan fingerprint density at radius 2 is 2.26 bits per heavy atom. The van der Waals surface area contributed by atoms with E-state index < -0.39 is 0 Å². The first-order valence-electron chi connectivity index (χ1n) is 6.55. The first-order valence-corrected chi connectivity index (χ1v) is 7.43. The zero-order valence-corrected chi connectivity index (χ0v) is 12.4. The molecule has 0 bridgehead atoms. The molecule has 0 N–H and O–H groups in total. The van der Waals surface area contributed by atoms with Crippen LogP contribution in [0, 0.1) is 6.92 Å². The van der Waals surface area contributed by atoms with E-state index in [0.717, 1.165) is 5.69 Å². The van der Waals surface area contributed by atoms with Gasteiger partial charge in [0.25, 0.3) is 0 Å². The molecule has 1 fully saturated rings. The quantitative estimate of drug-likeness (QED) is 0.839. The Kier molecular flexibility index (Phi) is 4.42. The van der Waals surface area contributed by atoms with Crippen LogP contribution in [0.25, 0.3) is 0 Å². The third-order valence-corrected chi connectivity index (χ3v) is 4.33. The summed E-state index contributed by atoms with van der Waals surface area (Å²) in [5.74, 6) is 0.0974. The summed E-state index contributed by atoms with van der Waals surface area (Å²) in [5.41, 5.74) is 0.922. The second-order valence-electron chi connectivity index (χ2n) is 5.08. The smallest absolute Gasteiger partial charge is 0.307 e. The van der Waals surface area contributed by atoms with Crippen LogP contribution < -0.4 is 4.87 Å². The van der Waals surface area contributed by atoms with Gasteiger partial charge in [-0.25, -0.2) is 0 Å². The Labute approximate surface area is 116 Å². The molecule has 19 heavy (non-hydrogen) atoms. The van der Waals surface area contributed by atoms with Crippen molar-refractivity contribution in [2.45, 2.75) is 45.9 Å². The summed E-state index contributed by atoms with van der Waals surface area (Å²) in [7, 11) is 0. The molecule has 0 radical (unpaired) electrons. The number of thiazole rings is 1. The molecule has 1 aromatic rings. The lowest BCUT2D eigenvalue weighted by Gasteiger charge is -2.36. The zero-order valence-electron chi connectivity index (χ0n) is 11.6. The van der Waals surface area contributed by atoms with Crippen molar-refractivity contribution in [2.75, 3.05) is 13.2 Å². The van der Waals surface area contributed by atoms with Crippen LogP contribution in [0.5, 0.6) is 0 Å². The summed E-state index contributed by atoms with van der Waals surface area (Å²) in [5, 5.41) is 1.83. The van der Waals surface area contributed by atoms with E-state index in [1.54, 1.807) is 4.57 Å². The number of amides is 1. The summed E-state index contributed by atoms with van der Waals surface area (Å²) in [6.45, 7) is 7.54. The van der Waals surface area contributed by atoms with Crippen molar-refractivity contribution < 1.29 is 9.53 Å². The van der Waals surface area contributed by atoms with Crippen molar-refractivity contribution in [3.8, 4) is 0 Å². The van der Waals surface area contributed by atoms with Crippen LogP contribution in [0.15, 0.2) is 10.2 Å². The SMILES string of the molecule is Cc1csc(=O)n1CCC(=O)N1C[C@H](C)OC[C@@H]1C. The van der Waals surface area contributed by atoms with E-state index in [1.165, 1.54) is 11.3 Å². The van der Waals surface area contributed by atoms with Crippen molar-refractivity contribution in [3.05, 3.63) is 20.7 Å². The molecule has 2 heterocycles. The lowest BCUT2D eigenvalue weighted by Crippen LogP contribution is -2.50. The average molecular weight is 284 g/mol. The maximum atomic E-state index is 12.2. The fourth-order valence-electron chi connectivity index (χ4n) is 2.28. The lowest BCUT2D eigenvalue weighted by molar-refractivity contribution is -0.143. The van der Waals surface area contributed by atoms with Crippen molar-refractivity contribution >= 4 is 17.2 Å². The minimum absolute atomic E-state index is 0.00805. The Morgan fingerprint density at radius 1 is 1.53 bits per heavy atom. The van der Waals surface area contributed by atoms with E-state index in [4.69, 9.17) is 4.74 Å². The highest BCUT2D eigenvalue weighted by molar-refractivity contribution is 7.07. The molecule has 2 rings (SSSR count). The number of carbonyl (C=O) groups excluding carboxylic acids is 1. The molecule has 0 aliphatic carbocycles. The Balaban J connectivity index is 1.96. The molecule has 2 atom stereocenters. The molecule has 1 aliphatic rings. The maximum absolute atomic E-state index is 12.2. The summed E-state index contributed by atoms with van der Waals surface area (Å²) in [4.78, 5) is 25.7. The van der Waals surface area contributed by atoms with Crippen LogP contribution in [-0.2, 0) is 16.1 Å². The van der Waals surface area contributed by atoms with Gasteiger partial charge in [-0.05, 0) is 20.8 Å². The number of aromatic nitrogens is 1. The number of hydrogen-bond donors (Lipinski definition) is 0. The van der Waals surface area contributed by atoms with Gasteiger partial charge in [0.1, 0.15) is 0 Å². The third-order valence-electron chi connectivity index (χ3n) is 3.45. The van der Waals surface area contributed by atoms with Gasteiger partial charge in [0, 0.05) is 30.6 Å². The van der Waals surface area contributed by atoms with Crippen LogP contribution in [-0.4, -0.2) is 40.7 Å². The molecule has 0 spiro atoms. The minimum atomic E-state index is 0.00805. The number of morpholine rings is 1. The van der Waals surface area contributed by atoms with E-state index in [9.17, 15) is 9.59 Å². The molecule has 0 aromatic carbocycles. The summed E-state index contributed by atoms with van der Waals surface area (Å²) >= 11 is 1.18. The largest absolute Gasteiger partial charge is 0.375 e. The predicted octanol–water partition coefficient (Wildman–Crippen LogP) is 1.24. The molecule has 106 valence electrons. The highest BCUT2D eigenvalue weighted by Gasteiger charge is 2.27. The molecule has 1 saturated heterocycles. The molecular weight excluding hydrogens is 264 g/mol. The average Bonchev–Trinajstić information content (AvgIpc) is 2.69. The number of ether oxygens (including phenoxy) is 1. The van der Waals surface area contributed by atoms with Crippen molar-refractivity contribution in [3.63, 3.8) is 0 Å². The number of rotatable bonds is 3. The summed E-state index contributed by atoms with van der Waals surface area (Å²) in [6.07, 6.45) is 0.458. The van der Waals surface area contributed by atoms with E-state index >= 15 is 0 Å². The standard InChI is InChI=1S/C13H20N2O3S/c1-9-7-18-11(3)6-15(9)12(16)4-5-14-10(2)8-19-13(14)17/h8-9,11H,4-7H2,1-3H3/t9-,11-/m0/s1. The number of carbonyl (C=O) groups is 1. The fraction of sp³-hybridized carbons (Fsp3) is 0.692. The second kappa shape index (κ2) is 5.88. The van der Waals surface area contributed by atoms with E-state index in [2.05, 4.69) is 0 Å². The Morgan fingerprint density at radius 3 is 2.89 bits per heavy atom.